The van der Waals surface area contributed by atoms with Gasteiger partial charge in [0, 0.05) is 12.5 Å². The van der Waals surface area contributed by atoms with Gasteiger partial charge in [-0.2, -0.15) is 0 Å². The molecule has 0 radical (unpaired) electrons. The summed E-state index contributed by atoms with van der Waals surface area (Å²) in [6, 6.07) is 0. The molecule has 0 spiro atoms. The Morgan fingerprint density at radius 2 is 2.54 bits per heavy atom. The first-order chi connectivity index (χ1) is 6.09. The molecule has 0 saturated heterocycles. The Morgan fingerprint density at radius 3 is 3.00 bits per heavy atom. The maximum absolute atomic E-state index is 10.4. The second-order valence-electron chi connectivity index (χ2n) is 2.55. The number of nitro groups is 1. The molecule has 6 nitrogen and oxygen atoms in total. The van der Waals surface area contributed by atoms with Gasteiger partial charge in [0.1, 0.15) is 12.8 Å². The molecular weight excluding hydrogens is 176 g/mol. The molecule has 0 N–H and O–H groups in total. The van der Waals surface area contributed by atoms with Crippen molar-refractivity contribution in [3.63, 3.8) is 0 Å². The first-order valence-electron chi connectivity index (χ1n) is 3.62. The second-order valence-corrected chi connectivity index (χ2v) is 2.55. The monoisotopic (exact) mass is 184 g/mol. The third-order valence-electron chi connectivity index (χ3n) is 1.45. The van der Waals surface area contributed by atoms with Crippen LogP contribution in [0.3, 0.4) is 0 Å². The number of hydrogen-bond acceptors (Lipinski definition) is 5. The summed E-state index contributed by atoms with van der Waals surface area (Å²) >= 11 is 0. The zero-order chi connectivity index (χ0) is 9.84. The lowest BCUT2D eigenvalue weighted by Gasteiger charge is -1.99. The zero-order valence-electron chi connectivity index (χ0n) is 7.02. The second kappa shape index (κ2) is 3.79. The smallest absolute Gasteiger partial charge is 0.343 e. The van der Waals surface area contributed by atoms with Crippen LogP contribution < -0.4 is 0 Å². The van der Waals surface area contributed by atoms with Gasteiger partial charge in [0.25, 0.3) is 0 Å². The normalized spacial score (nSPS) is 14.8. The summed E-state index contributed by atoms with van der Waals surface area (Å²) in [4.78, 5) is 23.6. The van der Waals surface area contributed by atoms with Gasteiger partial charge in [0.2, 0.25) is 0 Å². The SMILES string of the molecule is CC(=O)OCC1=CN=C([N+](=O)[O-])C1. The molecule has 0 bridgehead atoms. The van der Waals surface area contributed by atoms with Crippen molar-refractivity contribution >= 4 is 11.8 Å². The zero-order valence-corrected chi connectivity index (χ0v) is 7.02. The standard InChI is InChI=1S/C7H8N2O4/c1-5(10)13-4-6-2-7(8-3-6)9(11)12/h3H,2,4H2,1H3. The molecule has 0 unspecified atom stereocenters. The van der Waals surface area contributed by atoms with Crippen molar-refractivity contribution in [2.45, 2.75) is 13.3 Å². The van der Waals surface area contributed by atoms with Gasteiger partial charge in [-0.1, -0.05) is 4.99 Å². The molecule has 0 atom stereocenters. The van der Waals surface area contributed by atoms with Crippen LogP contribution in [0.5, 0.6) is 0 Å². The lowest BCUT2D eigenvalue weighted by atomic mass is 10.2. The van der Waals surface area contributed by atoms with Gasteiger partial charge in [-0.05, 0) is 4.92 Å². The molecule has 0 aromatic heterocycles. The Balaban J connectivity index is 2.37. The van der Waals surface area contributed by atoms with E-state index in [9.17, 15) is 14.9 Å². The van der Waals surface area contributed by atoms with Gasteiger partial charge < -0.3 is 14.9 Å². The van der Waals surface area contributed by atoms with Gasteiger partial charge in [0.05, 0.1) is 6.42 Å². The summed E-state index contributed by atoms with van der Waals surface area (Å²) in [5.41, 5.74) is 0.641. The Hall–Kier alpha value is -1.72. The van der Waals surface area contributed by atoms with Crippen LogP contribution in [0.15, 0.2) is 16.8 Å². The fraction of sp³-hybridized carbons (Fsp3) is 0.429. The lowest BCUT2D eigenvalue weighted by molar-refractivity contribution is -0.352. The molecule has 1 rings (SSSR count). The molecule has 0 saturated carbocycles. The average Bonchev–Trinajstić information content (AvgIpc) is 2.48. The van der Waals surface area contributed by atoms with Crippen molar-refractivity contribution in [1.82, 2.24) is 0 Å². The van der Waals surface area contributed by atoms with Crippen molar-refractivity contribution in [3.8, 4) is 0 Å². The summed E-state index contributed by atoms with van der Waals surface area (Å²) in [7, 11) is 0. The number of esters is 1. The van der Waals surface area contributed by atoms with Crippen molar-refractivity contribution < 1.29 is 14.5 Å². The van der Waals surface area contributed by atoms with Crippen molar-refractivity contribution in [1.29, 1.82) is 0 Å². The number of carbonyl (C=O) groups is 1. The molecule has 1 aliphatic heterocycles. The van der Waals surface area contributed by atoms with Gasteiger partial charge in [0.15, 0.2) is 0 Å². The van der Waals surface area contributed by atoms with E-state index in [2.05, 4.69) is 9.73 Å². The highest BCUT2D eigenvalue weighted by Gasteiger charge is 2.21. The Bertz CT molecular complexity index is 306. The fourth-order valence-corrected chi connectivity index (χ4v) is 0.854. The van der Waals surface area contributed by atoms with E-state index >= 15 is 0 Å². The van der Waals surface area contributed by atoms with Crippen molar-refractivity contribution in [2.24, 2.45) is 4.99 Å². The van der Waals surface area contributed by atoms with Gasteiger partial charge >= 0.3 is 11.8 Å². The molecule has 70 valence electrons. The maximum atomic E-state index is 10.4. The molecule has 0 amide bonds. The summed E-state index contributed by atoms with van der Waals surface area (Å²) in [6.45, 7) is 1.36. The lowest BCUT2D eigenvalue weighted by Crippen LogP contribution is -2.11. The van der Waals surface area contributed by atoms with Crippen LogP contribution in [0.4, 0.5) is 0 Å². The van der Waals surface area contributed by atoms with Crippen LogP contribution in [-0.2, 0) is 9.53 Å². The van der Waals surface area contributed by atoms with E-state index in [1.54, 1.807) is 0 Å². The molecule has 0 aliphatic carbocycles. The molecule has 1 aliphatic rings. The summed E-state index contributed by atoms with van der Waals surface area (Å²) in [6.07, 6.45) is 1.52. The summed E-state index contributed by atoms with van der Waals surface area (Å²) in [5.74, 6) is -0.516. The van der Waals surface area contributed by atoms with Gasteiger partial charge in [-0.3, -0.25) is 4.79 Å². The minimum Gasteiger partial charge on any atom is -0.461 e. The van der Waals surface area contributed by atoms with Crippen LogP contribution in [0, 0.1) is 10.1 Å². The highest BCUT2D eigenvalue weighted by atomic mass is 16.6. The number of carbonyl (C=O) groups excluding carboxylic acids is 1. The van der Waals surface area contributed by atoms with E-state index in [4.69, 9.17) is 0 Å². The number of amidine groups is 1. The van der Waals surface area contributed by atoms with Crippen molar-refractivity contribution in [2.75, 3.05) is 6.61 Å². The minimum atomic E-state index is -0.544. The highest BCUT2D eigenvalue weighted by molar-refractivity contribution is 5.80. The van der Waals surface area contributed by atoms with Crippen LogP contribution in [0.25, 0.3) is 0 Å². The first kappa shape index (κ1) is 9.37. The van der Waals surface area contributed by atoms with E-state index in [1.807, 2.05) is 0 Å². The van der Waals surface area contributed by atoms with E-state index in [0.29, 0.717) is 5.57 Å². The number of rotatable bonds is 2. The first-order valence-corrected chi connectivity index (χ1v) is 3.62. The average molecular weight is 184 g/mol. The predicted octanol–water partition coefficient (Wildman–Crippen LogP) is 0.512. The topological polar surface area (TPSA) is 81.8 Å². The molecule has 0 aromatic carbocycles. The molecule has 6 heteroatoms. The van der Waals surface area contributed by atoms with Crippen LogP contribution in [0.2, 0.25) is 0 Å². The maximum Gasteiger partial charge on any atom is 0.343 e. The fourth-order valence-electron chi connectivity index (χ4n) is 0.854. The molecule has 13 heavy (non-hydrogen) atoms. The number of aliphatic imine (C=N–C) groups is 1. The van der Waals surface area contributed by atoms with Gasteiger partial charge in [-0.15, -0.1) is 0 Å². The van der Waals surface area contributed by atoms with E-state index in [0.717, 1.165) is 0 Å². The quantitative estimate of drug-likeness (QED) is 0.355. The number of ether oxygens (including phenoxy) is 1. The van der Waals surface area contributed by atoms with Crippen LogP contribution in [-0.4, -0.2) is 23.3 Å². The summed E-state index contributed by atoms with van der Waals surface area (Å²) in [5, 5.41) is 10.2. The third kappa shape index (κ3) is 2.66. The molecule has 1 heterocycles. The molecular formula is C7H8N2O4. The number of nitrogens with zero attached hydrogens (tertiary/aromatic N) is 2. The summed E-state index contributed by atoms with van der Waals surface area (Å²) < 4.78 is 4.65. The van der Waals surface area contributed by atoms with Gasteiger partial charge in [-0.25, -0.2) is 0 Å². The Morgan fingerprint density at radius 1 is 1.85 bits per heavy atom. The minimum absolute atomic E-state index is 0.0795. The highest BCUT2D eigenvalue weighted by Crippen LogP contribution is 2.12. The Labute approximate surface area is 74.1 Å². The largest absolute Gasteiger partial charge is 0.461 e. The van der Waals surface area contributed by atoms with Crippen LogP contribution in [0.1, 0.15) is 13.3 Å². The predicted molar refractivity (Wildman–Crippen MR) is 43.8 cm³/mol. The Kier molecular flexibility index (Phi) is 2.73. The van der Waals surface area contributed by atoms with E-state index < -0.39 is 10.9 Å². The van der Waals surface area contributed by atoms with E-state index in [1.165, 1.54) is 13.1 Å². The van der Waals surface area contributed by atoms with Crippen molar-refractivity contribution in [3.05, 3.63) is 21.9 Å². The molecule has 0 aromatic rings. The van der Waals surface area contributed by atoms with Crippen LogP contribution >= 0.6 is 0 Å². The third-order valence-corrected chi connectivity index (χ3v) is 1.45. The van der Waals surface area contributed by atoms with E-state index in [-0.39, 0.29) is 18.9 Å². The number of hydrogen-bond donors (Lipinski definition) is 0. The molecule has 0 fully saturated rings.